The molecule has 1 amide bonds. The van der Waals surface area contributed by atoms with Crippen LogP contribution in [0.15, 0.2) is 11.4 Å². The van der Waals surface area contributed by atoms with Gasteiger partial charge in [-0.25, -0.2) is 0 Å². The van der Waals surface area contributed by atoms with E-state index in [1.165, 1.54) is 29.7 Å². The van der Waals surface area contributed by atoms with Crippen molar-refractivity contribution in [2.24, 2.45) is 0 Å². The van der Waals surface area contributed by atoms with Gasteiger partial charge in [-0.15, -0.1) is 21.5 Å². The number of rotatable bonds is 3. The van der Waals surface area contributed by atoms with Crippen LogP contribution in [0.3, 0.4) is 0 Å². The van der Waals surface area contributed by atoms with Crippen molar-refractivity contribution in [2.45, 2.75) is 64.1 Å². The molecule has 3 aliphatic heterocycles. The van der Waals surface area contributed by atoms with Gasteiger partial charge in [0.1, 0.15) is 5.82 Å². The monoisotopic (exact) mass is 385 g/mol. The van der Waals surface area contributed by atoms with Gasteiger partial charge < -0.3 is 9.47 Å². The normalized spacial score (nSPS) is 23.1. The predicted octanol–water partition coefficient (Wildman–Crippen LogP) is 2.79. The Morgan fingerprint density at radius 2 is 2.07 bits per heavy atom. The second kappa shape index (κ2) is 7.36. The zero-order valence-electron chi connectivity index (χ0n) is 15.8. The number of thiophene rings is 1. The highest BCUT2D eigenvalue weighted by Gasteiger charge is 2.35. The number of likely N-dealkylation sites (tertiary alicyclic amines) is 1. The van der Waals surface area contributed by atoms with Gasteiger partial charge in [0.2, 0.25) is 5.91 Å². The standard InChI is InChI=1S/C20H27N5OS/c26-19(14-23-11-7-17-15(13-23)8-12-27-17)24-10-4-5-16(24)20-22-21-18-6-2-1-3-9-25(18)20/h8,12,16H,1-7,9-11,13-14H2/t16-/m0/s1. The summed E-state index contributed by atoms with van der Waals surface area (Å²) >= 11 is 1.85. The Kier molecular flexibility index (Phi) is 4.73. The van der Waals surface area contributed by atoms with E-state index in [1.807, 2.05) is 11.3 Å². The molecule has 0 N–H and O–H groups in total. The quantitative estimate of drug-likeness (QED) is 0.815. The fourth-order valence-electron chi connectivity index (χ4n) is 4.81. The Bertz CT molecular complexity index is 828. The maximum Gasteiger partial charge on any atom is 0.237 e. The summed E-state index contributed by atoms with van der Waals surface area (Å²) in [6.45, 7) is 4.26. The highest BCUT2D eigenvalue weighted by molar-refractivity contribution is 7.10. The Morgan fingerprint density at radius 1 is 1.11 bits per heavy atom. The van der Waals surface area contributed by atoms with Gasteiger partial charge in [-0.3, -0.25) is 9.69 Å². The third kappa shape index (κ3) is 3.31. The first-order valence-electron chi connectivity index (χ1n) is 10.3. The van der Waals surface area contributed by atoms with Crippen molar-refractivity contribution < 1.29 is 4.79 Å². The Hall–Kier alpha value is -1.73. The SMILES string of the molecule is O=C(CN1CCc2sccc2C1)N1CCC[C@H]1c1nnc2n1CCCCC2. The van der Waals surface area contributed by atoms with Crippen LogP contribution >= 0.6 is 11.3 Å². The third-order valence-electron chi connectivity index (χ3n) is 6.25. The summed E-state index contributed by atoms with van der Waals surface area (Å²) in [4.78, 5) is 19.0. The average Bonchev–Trinajstić information content (AvgIpc) is 3.38. The van der Waals surface area contributed by atoms with E-state index in [0.717, 1.165) is 63.5 Å². The molecule has 1 atom stereocenters. The van der Waals surface area contributed by atoms with Crippen molar-refractivity contribution in [2.75, 3.05) is 19.6 Å². The van der Waals surface area contributed by atoms with Crippen LogP contribution in [0, 0.1) is 0 Å². The van der Waals surface area contributed by atoms with Crippen molar-refractivity contribution >= 4 is 17.2 Å². The van der Waals surface area contributed by atoms with E-state index >= 15 is 0 Å². The van der Waals surface area contributed by atoms with E-state index in [2.05, 4.69) is 36.0 Å². The van der Waals surface area contributed by atoms with Gasteiger partial charge >= 0.3 is 0 Å². The number of fused-ring (bicyclic) bond motifs is 2. The van der Waals surface area contributed by atoms with E-state index in [-0.39, 0.29) is 11.9 Å². The summed E-state index contributed by atoms with van der Waals surface area (Å²) in [5, 5.41) is 11.2. The molecule has 0 radical (unpaired) electrons. The van der Waals surface area contributed by atoms with Gasteiger partial charge in [0.25, 0.3) is 0 Å². The van der Waals surface area contributed by atoms with Crippen molar-refractivity contribution in [1.82, 2.24) is 24.6 Å². The lowest BCUT2D eigenvalue weighted by molar-refractivity contribution is -0.133. The molecule has 0 bridgehead atoms. The molecular formula is C20H27N5OS. The number of nitrogens with zero attached hydrogens (tertiary/aromatic N) is 5. The Balaban J connectivity index is 1.30. The van der Waals surface area contributed by atoms with Crippen molar-refractivity contribution in [1.29, 1.82) is 0 Å². The number of hydrogen-bond acceptors (Lipinski definition) is 5. The zero-order chi connectivity index (χ0) is 18.2. The first kappa shape index (κ1) is 17.4. The summed E-state index contributed by atoms with van der Waals surface area (Å²) in [7, 11) is 0. The van der Waals surface area contributed by atoms with Crippen molar-refractivity contribution in [3.05, 3.63) is 33.5 Å². The molecule has 144 valence electrons. The van der Waals surface area contributed by atoms with E-state index < -0.39 is 0 Å². The molecule has 6 nitrogen and oxygen atoms in total. The maximum absolute atomic E-state index is 13.1. The summed E-state index contributed by atoms with van der Waals surface area (Å²) in [6.07, 6.45) is 7.81. The van der Waals surface area contributed by atoms with E-state index in [0.29, 0.717) is 6.54 Å². The van der Waals surface area contributed by atoms with Gasteiger partial charge in [0, 0.05) is 37.5 Å². The lowest BCUT2D eigenvalue weighted by Gasteiger charge is -2.30. The van der Waals surface area contributed by atoms with Crippen LogP contribution in [0.25, 0.3) is 0 Å². The molecule has 2 aromatic rings. The van der Waals surface area contributed by atoms with Crippen LogP contribution in [0.4, 0.5) is 0 Å². The fraction of sp³-hybridized carbons (Fsp3) is 0.650. The highest BCUT2D eigenvalue weighted by atomic mass is 32.1. The minimum Gasteiger partial charge on any atom is -0.331 e. The van der Waals surface area contributed by atoms with Gasteiger partial charge in [-0.05, 0) is 49.1 Å². The molecule has 2 aromatic heterocycles. The summed E-state index contributed by atoms with van der Waals surface area (Å²) < 4.78 is 2.31. The van der Waals surface area contributed by atoms with E-state index in [9.17, 15) is 4.79 Å². The van der Waals surface area contributed by atoms with E-state index in [1.54, 1.807) is 0 Å². The molecular weight excluding hydrogens is 358 g/mol. The third-order valence-corrected chi connectivity index (χ3v) is 7.28. The maximum atomic E-state index is 13.1. The molecule has 1 fully saturated rings. The molecule has 0 aromatic carbocycles. The molecule has 0 unspecified atom stereocenters. The van der Waals surface area contributed by atoms with Crippen molar-refractivity contribution in [3.8, 4) is 0 Å². The molecule has 0 saturated carbocycles. The van der Waals surface area contributed by atoms with Crippen LogP contribution < -0.4 is 0 Å². The molecule has 7 heteroatoms. The first-order valence-corrected chi connectivity index (χ1v) is 11.2. The summed E-state index contributed by atoms with van der Waals surface area (Å²) in [6, 6.07) is 2.32. The summed E-state index contributed by atoms with van der Waals surface area (Å²) in [5.41, 5.74) is 1.40. The highest BCUT2D eigenvalue weighted by Crippen LogP contribution is 2.33. The number of aryl methyl sites for hydroxylation is 1. The Morgan fingerprint density at radius 3 is 3.04 bits per heavy atom. The number of aromatic nitrogens is 3. The first-order chi connectivity index (χ1) is 13.3. The molecule has 1 saturated heterocycles. The number of amides is 1. The summed E-state index contributed by atoms with van der Waals surface area (Å²) in [5.74, 6) is 2.39. The van der Waals surface area contributed by atoms with Gasteiger partial charge in [-0.1, -0.05) is 6.42 Å². The Labute approximate surface area is 164 Å². The number of carbonyl (C=O) groups excluding carboxylic acids is 1. The average molecular weight is 386 g/mol. The molecule has 0 aliphatic carbocycles. The smallest absolute Gasteiger partial charge is 0.237 e. The molecule has 3 aliphatic rings. The van der Waals surface area contributed by atoms with E-state index in [4.69, 9.17) is 0 Å². The van der Waals surface area contributed by atoms with Gasteiger partial charge in [0.05, 0.1) is 12.6 Å². The van der Waals surface area contributed by atoms with Gasteiger partial charge in [0.15, 0.2) is 5.82 Å². The lowest BCUT2D eigenvalue weighted by Crippen LogP contribution is -2.42. The molecule has 5 rings (SSSR count). The van der Waals surface area contributed by atoms with Crippen molar-refractivity contribution in [3.63, 3.8) is 0 Å². The van der Waals surface area contributed by atoms with Crippen LogP contribution in [0.2, 0.25) is 0 Å². The number of carbonyl (C=O) groups is 1. The molecule has 5 heterocycles. The van der Waals surface area contributed by atoms with Crippen LogP contribution in [-0.4, -0.2) is 50.1 Å². The molecule has 0 spiro atoms. The topological polar surface area (TPSA) is 54.3 Å². The zero-order valence-corrected chi connectivity index (χ0v) is 16.6. The largest absolute Gasteiger partial charge is 0.331 e. The van der Waals surface area contributed by atoms with Crippen LogP contribution in [0.5, 0.6) is 0 Å². The number of hydrogen-bond donors (Lipinski definition) is 0. The second-order valence-corrected chi connectivity index (χ2v) is 9.01. The molecule has 27 heavy (non-hydrogen) atoms. The van der Waals surface area contributed by atoms with Gasteiger partial charge in [-0.2, -0.15) is 0 Å². The lowest BCUT2D eigenvalue weighted by atomic mass is 10.1. The second-order valence-electron chi connectivity index (χ2n) is 8.01. The van der Waals surface area contributed by atoms with Crippen LogP contribution in [0.1, 0.15) is 60.2 Å². The fourth-order valence-corrected chi connectivity index (χ4v) is 5.70. The van der Waals surface area contributed by atoms with Crippen LogP contribution in [-0.2, 0) is 30.7 Å². The minimum atomic E-state index is 0.110. The predicted molar refractivity (Wildman–Crippen MR) is 105 cm³/mol. The minimum absolute atomic E-state index is 0.110.